The van der Waals surface area contributed by atoms with Crippen molar-refractivity contribution in [1.82, 2.24) is 14.8 Å². The first kappa shape index (κ1) is 25.1. The van der Waals surface area contributed by atoms with Crippen LogP contribution < -0.4 is 9.80 Å². The van der Waals surface area contributed by atoms with E-state index in [2.05, 4.69) is 44.0 Å². The molecule has 0 spiro atoms. The van der Waals surface area contributed by atoms with Crippen LogP contribution in [0.3, 0.4) is 0 Å². The highest BCUT2D eigenvalue weighted by Gasteiger charge is 2.25. The van der Waals surface area contributed by atoms with Gasteiger partial charge in [0.15, 0.2) is 0 Å². The molecule has 0 radical (unpaired) electrons. The molecule has 0 atom stereocenters. The molecule has 5 rings (SSSR count). The number of para-hydroxylation sites is 1. The predicted molar refractivity (Wildman–Crippen MR) is 147 cm³/mol. The van der Waals surface area contributed by atoms with Gasteiger partial charge in [0.05, 0.1) is 16.3 Å². The summed E-state index contributed by atoms with van der Waals surface area (Å²) in [4.78, 5) is 26.7. The number of aryl methyl sites for hydroxylation is 1. The van der Waals surface area contributed by atoms with E-state index in [0.717, 1.165) is 79.6 Å². The third-order valence-electron chi connectivity index (χ3n) is 7.28. The van der Waals surface area contributed by atoms with Crippen molar-refractivity contribution in [3.05, 3.63) is 88.1 Å². The van der Waals surface area contributed by atoms with Crippen LogP contribution in [0, 0.1) is 18.3 Å². The first-order chi connectivity index (χ1) is 18.0. The predicted octanol–water partition coefficient (Wildman–Crippen LogP) is 4.20. The van der Waals surface area contributed by atoms with E-state index in [1.807, 2.05) is 48.2 Å². The number of carbonyl (C=O) groups is 1. The monoisotopic (exact) mass is 514 g/mol. The highest BCUT2D eigenvalue weighted by Crippen LogP contribution is 2.23. The fourth-order valence-electron chi connectivity index (χ4n) is 5.11. The van der Waals surface area contributed by atoms with Crippen LogP contribution in [0.4, 0.5) is 11.5 Å². The minimum absolute atomic E-state index is 0.0981. The minimum atomic E-state index is 0.0981. The Morgan fingerprint density at radius 3 is 2.38 bits per heavy atom. The van der Waals surface area contributed by atoms with Crippen LogP contribution >= 0.6 is 11.6 Å². The maximum atomic E-state index is 13.4. The van der Waals surface area contributed by atoms with Crippen molar-refractivity contribution in [2.45, 2.75) is 13.5 Å². The number of amides is 1. The van der Waals surface area contributed by atoms with Gasteiger partial charge in [0, 0.05) is 70.7 Å². The molecule has 7 nitrogen and oxygen atoms in total. The number of pyridine rings is 1. The van der Waals surface area contributed by atoms with Crippen LogP contribution in [0.1, 0.15) is 27.0 Å². The largest absolute Gasteiger partial charge is 0.368 e. The van der Waals surface area contributed by atoms with Crippen LogP contribution in [-0.2, 0) is 6.54 Å². The number of halogens is 1. The summed E-state index contributed by atoms with van der Waals surface area (Å²) in [6.07, 6.45) is 1.66. The molecule has 0 saturated carbocycles. The average molecular weight is 515 g/mol. The number of carbonyl (C=O) groups excluding carboxylic acids is 1. The highest BCUT2D eigenvalue weighted by molar-refractivity contribution is 6.30. The molecule has 2 fully saturated rings. The fraction of sp³-hybridized carbons (Fsp3) is 0.345. The van der Waals surface area contributed by atoms with E-state index < -0.39 is 0 Å². The first-order valence-electron chi connectivity index (χ1n) is 12.7. The summed E-state index contributed by atoms with van der Waals surface area (Å²) >= 11 is 5.97. The van der Waals surface area contributed by atoms with Crippen LogP contribution in [-0.4, -0.2) is 73.0 Å². The van der Waals surface area contributed by atoms with Crippen LogP contribution in [0.25, 0.3) is 0 Å². The van der Waals surface area contributed by atoms with E-state index >= 15 is 0 Å². The molecule has 3 aromatic rings. The van der Waals surface area contributed by atoms with Gasteiger partial charge in [-0.25, -0.2) is 4.98 Å². The second kappa shape index (κ2) is 11.2. The van der Waals surface area contributed by atoms with E-state index in [4.69, 9.17) is 11.6 Å². The molecule has 8 heteroatoms. The van der Waals surface area contributed by atoms with Gasteiger partial charge in [-0.3, -0.25) is 9.69 Å². The third kappa shape index (κ3) is 5.71. The van der Waals surface area contributed by atoms with Gasteiger partial charge < -0.3 is 14.7 Å². The molecule has 2 aliphatic rings. The Morgan fingerprint density at radius 1 is 0.946 bits per heavy atom. The molecule has 2 aliphatic heterocycles. The smallest absolute Gasteiger partial charge is 0.254 e. The Labute approximate surface area is 223 Å². The maximum Gasteiger partial charge on any atom is 0.254 e. The lowest BCUT2D eigenvalue weighted by Crippen LogP contribution is -2.49. The van der Waals surface area contributed by atoms with E-state index in [1.54, 1.807) is 6.20 Å². The molecule has 0 unspecified atom stereocenters. The quantitative estimate of drug-likeness (QED) is 0.508. The van der Waals surface area contributed by atoms with E-state index in [1.165, 1.54) is 0 Å². The lowest BCUT2D eigenvalue weighted by Gasteiger charge is -2.37. The molecule has 0 N–H and O–H groups in total. The van der Waals surface area contributed by atoms with Gasteiger partial charge in [-0.2, -0.15) is 5.26 Å². The molecule has 2 aromatic carbocycles. The zero-order valence-electron chi connectivity index (χ0n) is 21.1. The molecular weight excluding hydrogens is 484 g/mol. The Hall–Kier alpha value is -3.60. The van der Waals surface area contributed by atoms with Crippen molar-refractivity contribution in [2.75, 3.05) is 62.2 Å². The summed E-state index contributed by atoms with van der Waals surface area (Å²) in [6, 6.07) is 20.1. The molecule has 37 heavy (non-hydrogen) atoms. The molecule has 190 valence electrons. The molecule has 1 aromatic heterocycles. The molecule has 2 saturated heterocycles. The lowest BCUT2D eigenvalue weighted by molar-refractivity contribution is 0.0745. The fourth-order valence-corrected chi connectivity index (χ4v) is 5.22. The second-order valence-corrected chi connectivity index (χ2v) is 10.1. The van der Waals surface area contributed by atoms with Crippen molar-refractivity contribution in [3.63, 3.8) is 0 Å². The van der Waals surface area contributed by atoms with Gasteiger partial charge in [0.2, 0.25) is 0 Å². The van der Waals surface area contributed by atoms with Gasteiger partial charge in [-0.15, -0.1) is 0 Å². The SMILES string of the molecule is Cc1ccc(CN2CCN(c3ccccc3C#N)CC2)cc1C(=O)N1CCN(c2ccc(Cl)cn2)CC1. The number of hydrogen-bond donors (Lipinski definition) is 0. The van der Waals surface area contributed by atoms with Gasteiger partial charge >= 0.3 is 0 Å². The van der Waals surface area contributed by atoms with E-state index in [0.29, 0.717) is 18.1 Å². The number of rotatable bonds is 5. The Morgan fingerprint density at radius 2 is 1.68 bits per heavy atom. The normalized spacial score (nSPS) is 16.5. The Kier molecular flexibility index (Phi) is 7.59. The summed E-state index contributed by atoms with van der Waals surface area (Å²) < 4.78 is 0. The van der Waals surface area contributed by atoms with E-state index in [9.17, 15) is 10.1 Å². The highest BCUT2D eigenvalue weighted by atomic mass is 35.5. The van der Waals surface area contributed by atoms with Crippen molar-refractivity contribution in [2.24, 2.45) is 0 Å². The zero-order valence-corrected chi connectivity index (χ0v) is 21.9. The maximum absolute atomic E-state index is 13.4. The minimum Gasteiger partial charge on any atom is -0.368 e. The van der Waals surface area contributed by atoms with Crippen LogP contribution in [0.5, 0.6) is 0 Å². The molecule has 3 heterocycles. The molecule has 1 amide bonds. The average Bonchev–Trinajstić information content (AvgIpc) is 2.94. The van der Waals surface area contributed by atoms with E-state index in [-0.39, 0.29) is 5.91 Å². The zero-order chi connectivity index (χ0) is 25.8. The van der Waals surface area contributed by atoms with Gasteiger partial charge in [0.1, 0.15) is 11.9 Å². The molecular formula is C29H31ClN6O. The summed E-state index contributed by atoms with van der Waals surface area (Å²) in [7, 11) is 0. The number of nitriles is 1. The molecule has 0 bridgehead atoms. The summed E-state index contributed by atoms with van der Waals surface area (Å²) in [5.74, 6) is 0.992. The lowest BCUT2D eigenvalue weighted by atomic mass is 10.0. The number of benzene rings is 2. The van der Waals surface area contributed by atoms with Gasteiger partial charge in [0.25, 0.3) is 5.91 Å². The first-order valence-corrected chi connectivity index (χ1v) is 13.1. The number of piperazine rings is 2. The Bertz CT molecular complexity index is 1290. The topological polar surface area (TPSA) is 66.7 Å². The summed E-state index contributed by atoms with van der Waals surface area (Å²) in [5, 5.41) is 10.1. The number of aromatic nitrogens is 1. The number of hydrogen-bond acceptors (Lipinski definition) is 6. The molecule has 0 aliphatic carbocycles. The van der Waals surface area contributed by atoms with Crippen molar-refractivity contribution >= 4 is 29.0 Å². The van der Waals surface area contributed by atoms with Crippen molar-refractivity contribution < 1.29 is 4.79 Å². The summed E-state index contributed by atoms with van der Waals surface area (Å²) in [5.41, 5.74) is 4.69. The van der Waals surface area contributed by atoms with Crippen LogP contribution in [0.15, 0.2) is 60.8 Å². The number of nitrogens with zero attached hydrogens (tertiary/aromatic N) is 6. The Balaban J connectivity index is 1.18. The van der Waals surface area contributed by atoms with Crippen molar-refractivity contribution in [3.8, 4) is 6.07 Å². The number of anilines is 2. The van der Waals surface area contributed by atoms with Gasteiger partial charge in [-0.1, -0.05) is 35.9 Å². The third-order valence-corrected chi connectivity index (χ3v) is 7.50. The van der Waals surface area contributed by atoms with Crippen molar-refractivity contribution in [1.29, 1.82) is 5.26 Å². The summed E-state index contributed by atoms with van der Waals surface area (Å²) in [6.45, 7) is 9.23. The van der Waals surface area contributed by atoms with Crippen LogP contribution in [0.2, 0.25) is 5.02 Å². The van der Waals surface area contributed by atoms with Gasteiger partial charge in [-0.05, 0) is 48.4 Å². The standard InChI is InChI=1S/C29H31ClN6O/c1-22-6-7-23(21-33-10-12-34(13-11-33)27-5-3-2-4-24(27)19-31)18-26(22)29(37)36-16-14-35(15-17-36)28-9-8-25(30)20-32-28/h2-9,18,20H,10-17,21H2,1H3. The second-order valence-electron chi connectivity index (χ2n) is 9.66.